The van der Waals surface area contributed by atoms with Gasteiger partial charge in [-0.3, -0.25) is 4.79 Å². The molecule has 1 amide bonds. The van der Waals surface area contributed by atoms with E-state index in [-0.39, 0.29) is 19.1 Å². The Kier molecular flexibility index (Phi) is 4.45. The number of carbonyl (C=O) groups excluding carboxylic acids is 1. The maximum absolute atomic E-state index is 12.4. The van der Waals surface area contributed by atoms with Crippen LogP contribution in [-0.4, -0.2) is 33.9 Å². The van der Waals surface area contributed by atoms with Crippen molar-refractivity contribution in [3.05, 3.63) is 46.8 Å². The molecule has 5 nitrogen and oxygen atoms in total. The second kappa shape index (κ2) is 6.67. The number of nitrogens with one attached hydrogen (secondary N) is 1. The van der Waals surface area contributed by atoms with Gasteiger partial charge >= 0.3 is 0 Å². The molecule has 1 aromatic heterocycles. The van der Waals surface area contributed by atoms with Crippen LogP contribution in [0.4, 0.5) is 0 Å². The van der Waals surface area contributed by atoms with Gasteiger partial charge in [-0.05, 0) is 37.8 Å². The van der Waals surface area contributed by atoms with E-state index in [0.717, 1.165) is 41.8 Å². The lowest BCUT2D eigenvalue weighted by Gasteiger charge is -2.08. The first kappa shape index (κ1) is 15.3. The van der Waals surface area contributed by atoms with Crippen LogP contribution in [0.1, 0.15) is 33.7 Å². The van der Waals surface area contributed by atoms with Crippen molar-refractivity contribution in [3.8, 4) is 17.5 Å². The molecular weight excluding hydrogens is 290 g/mol. The summed E-state index contributed by atoms with van der Waals surface area (Å²) in [6.07, 6.45) is 2.87. The maximum atomic E-state index is 12.4. The first-order valence-electron chi connectivity index (χ1n) is 7.74. The first-order valence-corrected chi connectivity index (χ1v) is 7.74. The van der Waals surface area contributed by atoms with Crippen molar-refractivity contribution >= 4 is 5.91 Å². The van der Waals surface area contributed by atoms with Crippen LogP contribution < -0.4 is 5.32 Å². The van der Waals surface area contributed by atoms with E-state index in [1.54, 1.807) is 0 Å². The Labute approximate surface area is 135 Å². The Bertz CT molecular complexity index is 796. The number of aromatic nitrogens is 2. The van der Waals surface area contributed by atoms with Crippen molar-refractivity contribution in [1.29, 1.82) is 0 Å². The Balaban J connectivity index is 1.93. The number of amides is 1. The van der Waals surface area contributed by atoms with Crippen LogP contribution in [0.3, 0.4) is 0 Å². The minimum Gasteiger partial charge on any atom is -0.384 e. The van der Waals surface area contributed by atoms with Crippen LogP contribution in [0, 0.1) is 18.8 Å². The highest BCUT2D eigenvalue weighted by molar-refractivity contribution is 5.94. The van der Waals surface area contributed by atoms with Crippen LogP contribution in [0.25, 0.3) is 5.69 Å². The Hall–Kier alpha value is -2.58. The maximum Gasteiger partial charge on any atom is 0.272 e. The van der Waals surface area contributed by atoms with E-state index in [2.05, 4.69) is 22.3 Å². The third-order valence-electron chi connectivity index (χ3n) is 4.03. The van der Waals surface area contributed by atoms with Gasteiger partial charge in [0.1, 0.15) is 6.61 Å². The van der Waals surface area contributed by atoms with Crippen molar-refractivity contribution in [2.45, 2.75) is 26.2 Å². The summed E-state index contributed by atoms with van der Waals surface area (Å²) in [6.45, 7) is 2.06. The molecule has 0 unspecified atom stereocenters. The molecule has 0 radical (unpaired) electrons. The van der Waals surface area contributed by atoms with Crippen molar-refractivity contribution in [2.75, 3.05) is 13.2 Å². The summed E-state index contributed by atoms with van der Waals surface area (Å²) < 4.78 is 1.91. The number of aliphatic hydroxyl groups excluding tert-OH is 1. The average molecular weight is 309 g/mol. The summed E-state index contributed by atoms with van der Waals surface area (Å²) in [5.41, 5.74) is 4.81. The first-order chi connectivity index (χ1) is 11.2. The Morgan fingerprint density at radius 3 is 2.96 bits per heavy atom. The van der Waals surface area contributed by atoms with Crippen molar-refractivity contribution < 1.29 is 9.90 Å². The lowest BCUT2D eigenvalue weighted by molar-refractivity contribution is 0.0952. The lowest BCUT2D eigenvalue weighted by atomic mass is 10.2. The molecule has 0 spiro atoms. The minimum absolute atomic E-state index is 0.201. The smallest absolute Gasteiger partial charge is 0.272 e. The number of fused-ring (bicyclic) bond motifs is 1. The second-order valence-corrected chi connectivity index (χ2v) is 5.52. The highest BCUT2D eigenvalue weighted by Gasteiger charge is 2.27. The van der Waals surface area contributed by atoms with E-state index >= 15 is 0 Å². The molecule has 23 heavy (non-hydrogen) atoms. The standard InChI is InChI=1S/C18H19N3O2/c1-13-7-2-3-9-15(13)21-16-10-6-8-14(16)17(20-21)18(23)19-11-4-5-12-22/h2-3,7,9,22H,6,8,10-12H2,1H3,(H,19,23). The zero-order chi connectivity index (χ0) is 16.2. The predicted molar refractivity (Wildman–Crippen MR) is 87.5 cm³/mol. The fourth-order valence-corrected chi connectivity index (χ4v) is 2.95. The Morgan fingerprint density at radius 1 is 1.35 bits per heavy atom. The van der Waals surface area contributed by atoms with E-state index in [4.69, 9.17) is 5.11 Å². The van der Waals surface area contributed by atoms with Crippen LogP contribution in [0.15, 0.2) is 24.3 Å². The minimum atomic E-state index is -0.206. The molecule has 5 heteroatoms. The second-order valence-electron chi connectivity index (χ2n) is 5.52. The van der Waals surface area contributed by atoms with Crippen LogP contribution in [0.5, 0.6) is 0 Å². The van der Waals surface area contributed by atoms with Gasteiger partial charge in [-0.25, -0.2) is 4.68 Å². The third kappa shape index (κ3) is 2.99. The normalized spacial score (nSPS) is 12.4. The summed E-state index contributed by atoms with van der Waals surface area (Å²) >= 11 is 0. The van der Waals surface area contributed by atoms with Gasteiger partial charge in [0.15, 0.2) is 5.69 Å². The van der Waals surface area contributed by atoms with Gasteiger partial charge in [-0.1, -0.05) is 30.0 Å². The number of aliphatic hydroxyl groups is 1. The van der Waals surface area contributed by atoms with Crippen molar-refractivity contribution in [3.63, 3.8) is 0 Å². The molecule has 2 aromatic rings. The van der Waals surface area contributed by atoms with E-state index < -0.39 is 0 Å². The molecule has 0 saturated heterocycles. The van der Waals surface area contributed by atoms with Crippen LogP contribution >= 0.6 is 0 Å². The zero-order valence-corrected chi connectivity index (χ0v) is 13.1. The Morgan fingerprint density at radius 2 is 2.17 bits per heavy atom. The van der Waals surface area contributed by atoms with Crippen LogP contribution in [0.2, 0.25) is 0 Å². The summed E-state index contributed by atoms with van der Waals surface area (Å²) in [6, 6.07) is 8.05. The molecule has 0 aliphatic heterocycles. The third-order valence-corrected chi connectivity index (χ3v) is 4.03. The van der Waals surface area contributed by atoms with E-state index in [0.29, 0.717) is 5.69 Å². The average Bonchev–Trinajstić information content (AvgIpc) is 3.14. The quantitative estimate of drug-likeness (QED) is 0.842. The number of carbonyl (C=O) groups is 1. The van der Waals surface area contributed by atoms with Gasteiger partial charge in [0.2, 0.25) is 0 Å². The van der Waals surface area contributed by atoms with E-state index in [1.807, 2.05) is 35.9 Å². The SMILES string of the molecule is Cc1ccccc1-n1nc(C(=O)NCC#CCO)c2c1CCC2. The molecule has 1 aliphatic carbocycles. The van der Waals surface area contributed by atoms with E-state index in [1.165, 1.54) is 0 Å². The monoisotopic (exact) mass is 309 g/mol. The number of nitrogens with zero attached hydrogens (tertiary/aromatic N) is 2. The lowest BCUT2D eigenvalue weighted by Crippen LogP contribution is -2.25. The van der Waals surface area contributed by atoms with Crippen molar-refractivity contribution in [1.82, 2.24) is 15.1 Å². The molecule has 0 atom stereocenters. The highest BCUT2D eigenvalue weighted by atomic mass is 16.2. The summed E-state index contributed by atoms with van der Waals surface area (Å²) in [5, 5.41) is 15.9. The number of para-hydroxylation sites is 1. The van der Waals surface area contributed by atoms with Gasteiger partial charge < -0.3 is 10.4 Å². The molecule has 0 fully saturated rings. The number of rotatable bonds is 3. The number of benzene rings is 1. The number of hydrogen-bond acceptors (Lipinski definition) is 3. The summed E-state index contributed by atoms with van der Waals surface area (Å²) in [7, 11) is 0. The van der Waals surface area contributed by atoms with Gasteiger partial charge in [-0.2, -0.15) is 5.10 Å². The summed E-state index contributed by atoms with van der Waals surface area (Å²) in [5.74, 6) is 4.99. The molecule has 1 aromatic carbocycles. The largest absolute Gasteiger partial charge is 0.384 e. The van der Waals surface area contributed by atoms with Crippen molar-refractivity contribution in [2.24, 2.45) is 0 Å². The molecule has 0 saturated carbocycles. The summed E-state index contributed by atoms with van der Waals surface area (Å²) in [4.78, 5) is 12.4. The molecular formula is C18H19N3O2. The van der Waals surface area contributed by atoms with Gasteiger partial charge in [0.25, 0.3) is 5.91 Å². The molecule has 0 bridgehead atoms. The van der Waals surface area contributed by atoms with Gasteiger partial charge in [0.05, 0.1) is 12.2 Å². The highest BCUT2D eigenvalue weighted by Crippen LogP contribution is 2.28. The fourth-order valence-electron chi connectivity index (χ4n) is 2.95. The molecule has 3 rings (SSSR count). The predicted octanol–water partition coefficient (Wildman–Crippen LogP) is 1.39. The van der Waals surface area contributed by atoms with Crippen LogP contribution in [-0.2, 0) is 12.8 Å². The molecule has 118 valence electrons. The molecule has 1 heterocycles. The fraction of sp³-hybridized carbons (Fsp3) is 0.333. The van der Waals surface area contributed by atoms with E-state index in [9.17, 15) is 4.79 Å². The molecule has 1 aliphatic rings. The number of hydrogen-bond donors (Lipinski definition) is 2. The van der Waals surface area contributed by atoms with Gasteiger partial charge in [-0.15, -0.1) is 0 Å². The molecule has 2 N–H and O–H groups in total. The zero-order valence-electron chi connectivity index (χ0n) is 13.1. The number of aryl methyl sites for hydroxylation is 1. The van der Waals surface area contributed by atoms with Gasteiger partial charge in [0, 0.05) is 11.3 Å². The topological polar surface area (TPSA) is 67.2 Å².